The minimum Gasteiger partial charge on any atom is -0.310 e. The van der Waals surface area contributed by atoms with Gasteiger partial charge in [-0.1, -0.05) is 196 Å². The van der Waals surface area contributed by atoms with Gasteiger partial charge in [-0.15, -0.1) is 0 Å². The van der Waals surface area contributed by atoms with Crippen LogP contribution in [0.3, 0.4) is 0 Å². The molecule has 0 heterocycles. The van der Waals surface area contributed by atoms with Gasteiger partial charge in [-0.05, 0) is 157 Å². The summed E-state index contributed by atoms with van der Waals surface area (Å²) in [5.41, 5.74) is 25.0. The predicted octanol–water partition coefficient (Wildman–Crippen LogP) is 17.2. The minimum absolute atomic E-state index is 0.0823. The summed E-state index contributed by atoms with van der Waals surface area (Å²) < 4.78 is 0. The zero-order valence-electron chi connectivity index (χ0n) is 37.1. The third-order valence-electron chi connectivity index (χ3n) is 16.0. The number of nitrogens with zero attached hydrogens (tertiary/aromatic N) is 1. The van der Waals surface area contributed by atoms with E-state index in [2.05, 4.69) is 231 Å². The number of fused-ring (bicyclic) bond motifs is 11. The Kier molecular flexibility index (Phi) is 8.63. The van der Waals surface area contributed by atoms with Gasteiger partial charge >= 0.3 is 0 Å². The smallest absolute Gasteiger partial charge is 0.0465 e. The number of rotatable bonds is 7. The second-order valence-corrected chi connectivity index (χ2v) is 19.7. The molecule has 0 N–H and O–H groups in total. The first-order valence-electron chi connectivity index (χ1n) is 23.7. The molecule has 0 aliphatic heterocycles. The zero-order chi connectivity index (χ0) is 43.3. The lowest BCUT2D eigenvalue weighted by Crippen LogP contribution is -2.32. The summed E-state index contributed by atoms with van der Waals surface area (Å²) in [6.45, 7) is 4.77. The molecule has 0 aromatic heterocycles. The van der Waals surface area contributed by atoms with Crippen molar-refractivity contribution >= 4 is 17.1 Å². The third kappa shape index (κ3) is 5.91. The Morgan fingerprint density at radius 2 is 0.831 bits per heavy atom. The summed E-state index contributed by atoms with van der Waals surface area (Å²) in [6.07, 6.45) is 5.35. The Labute approximate surface area is 383 Å². The average Bonchev–Trinajstić information content (AvgIpc) is 4.12. The molecule has 3 unspecified atom stereocenters. The van der Waals surface area contributed by atoms with Crippen LogP contribution < -0.4 is 4.90 Å². The van der Waals surface area contributed by atoms with Gasteiger partial charge < -0.3 is 4.90 Å². The molecule has 2 saturated carbocycles. The highest BCUT2D eigenvalue weighted by atomic mass is 15.1. The number of hydrogen-bond donors (Lipinski definition) is 0. The number of benzene rings is 9. The second-order valence-electron chi connectivity index (χ2n) is 19.7. The molecule has 9 aromatic carbocycles. The van der Waals surface area contributed by atoms with E-state index in [0.717, 1.165) is 17.3 Å². The van der Waals surface area contributed by atoms with Gasteiger partial charge in [0.1, 0.15) is 0 Å². The molecule has 2 fully saturated rings. The van der Waals surface area contributed by atoms with Crippen LogP contribution in [0.25, 0.3) is 66.8 Å². The lowest BCUT2D eigenvalue weighted by Gasteiger charge is -2.37. The fourth-order valence-electron chi connectivity index (χ4n) is 13.0. The monoisotopic (exact) mass is 833 g/mol. The number of anilines is 3. The molecular weight excluding hydrogens is 783 g/mol. The zero-order valence-corrected chi connectivity index (χ0v) is 37.1. The fourth-order valence-corrected chi connectivity index (χ4v) is 13.0. The lowest BCUT2D eigenvalue weighted by molar-refractivity contribution is 0.327. The van der Waals surface area contributed by atoms with Crippen LogP contribution in [-0.2, 0) is 10.8 Å². The van der Waals surface area contributed by atoms with E-state index in [4.69, 9.17) is 0 Å². The van der Waals surface area contributed by atoms with E-state index in [-0.39, 0.29) is 10.8 Å². The van der Waals surface area contributed by atoms with Crippen molar-refractivity contribution in [2.24, 2.45) is 11.8 Å². The van der Waals surface area contributed by atoms with Gasteiger partial charge in [-0.3, -0.25) is 0 Å². The molecule has 1 nitrogen and oxygen atoms in total. The van der Waals surface area contributed by atoms with Crippen molar-refractivity contribution in [1.82, 2.24) is 0 Å². The van der Waals surface area contributed by atoms with Crippen molar-refractivity contribution in [1.29, 1.82) is 0 Å². The first-order valence-corrected chi connectivity index (χ1v) is 23.7. The van der Waals surface area contributed by atoms with Crippen LogP contribution in [0.5, 0.6) is 0 Å². The predicted molar refractivity (Wildman–Crippen MR) is 272 cm³/mol. The SMILES string of the molecule is CC1(C)c2ccccc2-c2cccc(-c3ccc(N(c4ccc(-c5ccc(-c6ccc(-c7ccccc7)cc6)cc5)cc4)c4ccc5c(c4)C4(CC6CCC4C6)c4ccccc4-5)cc3)c21. The molecule has 4 aliphatic carbocycles. The Balaban J connectivity index is 0.874. The maximum atomic E-state index is 2.58. The molecule has 312 valence electrons. The summed E-state index contributed by atoms with van der Waals surface area (Å²) in [6, 6.07) is 79.7. The van der Waals surface area contributed by atoms with E-state index in [9.17, 15) is 0 Å². The third-order valence-corrected chi connectivity index (χ3v) is 16.0. The van der Waals surface area contributed by atoms with Crippen LogP contribution in [-0.4, -0.2) is 0 Å². The van der Waals surface area contributed by atoms with Crippen LogP contribution in [0.1, 0.15) is 61.8 Å². The molecule has 1 spiro atoms. The van der Waals surface area contributed by atoms with Gasteiger partial charge in [-0.25, -0.2) is 0 Å². The maximum absolute atomic E-state index is 2.58. The Morgan fingerprint density at radius 1 is 0.369 bits per heavy atom. The second kappa shape index (κ2) is 14.7. The Morgan fingerprint density at radius 3 is 1.42 bits per heavy atom. The van der Waals surface area contributed by atoms with Gasteiger partial charge in [0.15, 0.2) is 0 Å². The standard InChI is InChI=1S/C64H51N/c1-63(2)59-17-8-6-14-56(59)58-16-10-15-54(62(58)63)49-30-35-52(36-31-49)65(53-37-38-57-55-13-7-9-18-60(55)64(61(57)40-53)41-42-19-32-50(64)39-42)51-33-28-48(29-34-51)47-26-24-46(25-27-47)45-22-20-44(21-23-45)43-11-4-3-5-12-43/h3-18,20-31,33-38,40,42,50H,19,32,39,41H2,1-2H3. The van der Waals surface area contributed by atoms with Crippen LogP contribution >= 0.6 is 0 Å². The van der Waals surface area contributed by atoms with E-state index >= 15 is 0 Å². The summed E-state index contributed by atoms with van der Waals surface area (Å²) in [7, 11) is 0. The Hall–Kier alpha value is -7.22. The minimum atomic E-state index is -0.0823. The molecule has 0 amide bonds. The Bertz CT molecular complexity index is 3270. The van der Waals surface area contributed by atoms with E-state index in [0.29, 0.717) is 5.92 Å². The molecule has 65 heavy (non-hydrogen) atoms. The normalized spacial score (nSPS) is 19.2. The van der Waals surface area contributed by atoms with Crippen molar-refractivity contribution < 1.29 is 0 Å². The van der Waals surface area contributed by atoms with Gasteiger partial charge in [0, 0.05) is 27.9 Å². The van der Waals surface area contributed by atoms with Gasteiger partial charge in [0.2, 0.25) is 0 Å². The summed E-state index contributed by atoms with van der Waals surface area (Å²) in [5, 5.41) is 0. The molecule has 13 rings (SSSR count). The fraction of sp³-hybridized carbons (Fsp3) is 0.156. The van der Waals surface area contributed by atoms with Crippen molar-refractivity contribution in [2.45, 2.75) is 50.4 Å². The van der Waals surface area contributed by atoms with Crippen molar-refractivity contribution in [3.05, 3.63) is 235 Å². The van der Waals surface area contributed by atoms with E-state index in [1.807, 2.05) is 0 Å². The molecule has 0 saturated heterocycles. The quantitative estimate of drug-likeness (QED) is 0.155. The topological polar surface area (TPSA) is 3.24 Å². The highest BCUT2D eigenvalue weighted by Gasteiger charge is 2.56. The molecule has 2 bridgehead atoms. The molecule has 4 aliphatic rings. The lowest BCUT2D eigenvalue weighted by atomic mass is 9.67. The summed E-state index contributed by atoms with van der Waals surface area (Å²) >= 11 is 0. The van der Waals surface area contributed by atoms with Gasteiger partial charge in [0.25, 0.3) is 0 Å². The highest BCUT2D eigenvalue weighted by molar-refractivity contribution is 5.90. The molecule has 9 aromatic rings. The van der Waals surface area contributed by atoms with E-state index in [1.54, 1.807) is 5.56 Å². The molecule has 0 radical (unpaired) electrons. The van der Waals surface area contributed by atoms with Crippen LogP contribution in [0.2, 0.25) is 0 Å². The van der Waals surface area contributed by atoms with Crippen molar-refractivity contribution in [3.63, 3.8) is 0 Å². The van der Waals surface area contributed by atoms with Crippen molar-refractivity contribution in [2.75, 3.05) is 4.90 Å². The summed E-state index contributed by atoms with van der Waals surface area (Å²) in [5.74, 6) is 1.53. The molecule has 1 heteroatoms. The van der Waals surface area contributed by atoms with Crippen LogP contribution in [0.15, 0.2) is 212 Å². The highest BCUT2D eigenvalue weighted by Crippen LogP contribution is 2.66. The average molecular weight is 834 g/mol. The van der Waals surface area contributed by atoms with Gasteiger partial charge in [-0.2, -0.15) is 0 Å². The van der Waals surface area contributed by atoms with Crippen LogP contribution in [0.4, 0.5) is 17.1 Å². The largest absolute Gasteiger partial charge is 0.310 e. The first-order chi connectivity index (χ1) is 31.9. The molecule has 3 atom stereocenters. The first kappa shape index (κ1) is 38.3. The van der Waals surface area contributed by atoms with E-state index in [1.165, 1.54) is 115 Å². The number of hydrogen-bond acceptors (Lipinski definition) is 1. The maximum Gasteiger partial charge on any atom is 0.0465 e. The molecular formula is C64H51N. The van der Waals surface area contributed by atoms with E-state index < -0.39 is 0 Å². The van der Waals surface area contributed by atoms with Crippen molar-refractivity contribution in [3.8, 4) is 66.8 Å². The summed E-state index contributed by atoms with van der Waals surface area (Å²) in [4.78, 5) is 2.50. The van der Waals surface area contributed by atoms with Gasteiger partial charge in [0.05, 0.1) is 0 Å². The van der Waals surface area contributed by atoms with Crippen LogP contribution in [0, 0.1) is 11.8 Å².